The Morgan fingerprint density at radius 2 is 2.00 bits per heavy atom. The number of benzene rings is 1. The Hall–Kier alpha value is -3.43. The summed E-state index contributed by atoms with van der Waals surface area (Å²) in [5, 5.41) is 12.6. The number of halogens is 1. The van der Waals surface area contributed by atoms with Gasteiger partial charge in [-0.1, -0.05) is 17.7 Å². The molecule has 1 aliphatic rings. The molecule has 0 saturated carbocycles. The first-order chi connectivity index (χ1) is 16.2. The first-order valence-electron chi connectivity index (χ1n) is 10.6. The molecular formula is C23H19ClN6O2S. The zero-order chi connectivity index (χ0) is 22.4. The number of nitrogens with zero attached hydrogens (tertiary/aromatic N) is 6. The third-order valence-electron chi connectivity index (χ3n) is 5.82. The van der Waals surface area contributed by atoms with Gasteiger partial charge >= 0.3 is 0 Å². The van der Waals surface area contributed by atoms with Gasteiger partial charge in [0, 0.05) is 36.6 Å². The molecule has 0 aliphatic carbocycles. The van der Waals surface area contributed by atoms with Gasteiger partial charge in [0.25, 0.3) is 5.91 Å². The molecule has 0 unspecified atom stereocenters. The van der Waals surface area contributed by atoms with Crippen molar-refractivity contribution in [2.75, 3.05) is 31.1 Å². The molecule has 5 heterocycles. The van der Waals surface area contributed by atoms with Crippen LogP contribution in [0.25, 0.3) is 27.3 Å². The average molecular weight is 479 g/mol. The molecule has 4 aromatic heterocycles. The molecular weight excluding hydrogens is 460 g/mol. The highest BCUT2D eigenvalue weighted by Crippen LogP contribution is 2.31. The second kappa shape index (κ2) is 8.17. The van der Waals surface area contributed by atoms with Gasteiger partial charge < -0.3 is 14.2 Å². The monoisotopic (exact) mass is 478 g/mol. The Balaban J connectivity index is 1.44. The van der Waals surface area contributed by atoms with E-state index in [1.54, 1.807) is 23.5 Å². The van der Waals surface area contributed by atoms with E-state index in [2.05, 4.69) is 15.1 Å². The number of amides is 1. The normalized spacial score (nSPS) is 14.8. The van der Waals surface area contributed by atoms with Gasteiger partial charge in [0.05, 0.1) is 16.7 Å². The second-order valence-corrected chi connectivity index (χ2v) is 9.23. The number of anilines is 1. The van der Waals surface area contributed by atoms with E-state index in [9.17, 15) is 4.79 Å². The van der Waals surface area contributed by atoms with Crippen LogP contribution in [-0.2, 0) is 0 Å². The van der Waals surface area contributed by atoms with Crippen LogP contribution in [-0.4, -0.2) is 56.6 Å². The van der Waals surface area contributed by atoms with Gasteiger partial charge in [-0.05, 0) is 48.2 Å². The number of fused-ring (bicyclic) bond motifs is 3. The van der Waals surface area contributed by atoms with Crippen LogP contribution in [0.15, 0.2) is 58.5 Å². The Labute approximate surface area is 198 Å². The number of carbonyl (C=O) groups excluding carboxylic acids is 1. The minimum atomic E-state index is -0.0891. The summed E-state index contributed by atoms with van der Waals surface area (Å²) in [5.41, 5.74) is 1.51. The van der Waals surface area contributed by atoms with Crippen molar-refractivity contribution in [1.29, 1.82) is 0 Å². The van der Waals surface area contributed by atoms with Crippen molar-refractivity contribution in [1.82, 2.24) is 24.5 Å². The molecule has 1 saturated heterocycles. The van der Waals surface area contributed by atoms with Crippen LogP contribution in [0, 0.1) is 0 Å². The first kappa shape index (κ1) is 20.2. The average Bonchev–Trinajstić information content (AvgIpc) is 3.57. The molecule has 10 heteroatoms. The van der Waals surface area contributed by atoms with Gasteiger partial charge in [-0.3, -0.25) is 4.79 Å². The maximum Gasteiger partial charge on any atom is 0.289 e. The lowest BCUT2D eigenvalue weighted by molar-refractivity contribution is 0.0735. The number of rotatable bonds is 3. The van der Waals surface area contributed by atoms with E-state index in [1.165, 1.54) is 6.26 Å². The number of carbonyl (C=O) groups is 1. The van der Waals surface area contributed by atoms with Crippen LogP contribution >= 0.6 is 22.9 Å². The van der Waals surface area contributed by atoms with Gasteiger partial charge in [-0.2, -0.15) is 0 Å². The highest BCUT2D eigenvalue weighted by Gasteiger charge is 2.26. The summed E-state index contributed by atoms with van der Waals surface area (Å²) in [4.78, 5) is 22.9. The van der Waals surface area contributed by atoms with E-state index < -0.39 is 0 Å². The SMILES string of the molecule is O=C(c1ccco1)N1CCCN(c2nc3cc(Cl)ccc3c3nnc(-c4cccs4)n23)CC1. The molecule has 1 aromatic carbocycles. The summed E-state index contributed by atoms with van der Waals surface area (Å²) in [5.74, 6) is 1.78. The molecule has 0 bridgehead atoms. The number of hydrogen-bond acceptors (Lipinski definition) is 7. The number of thiophene rings is 1. The van der Waals surface area contributed by atoms with Gasteiger partial charge in [0.1, 0.15) is 0 Å². The Bertz CT molecular complexity index is 1450. The lowest BCUT2D eigenvalue weighted by Gasteiger charge is -2.24. The van der Waals surface area contributed by atoms with Crippen molar-refractivity contribution in [3.8, 4) is 10.7 Å². The molecule has 5 aromatic rings. The van der Waals surface area contributed by atoms with Crippen molar-refractivity contribution >= 4 is 51.3 Å². The molecule has 0 N–H and O–H groups in total. The maximum absolute atomic E-state index is 12.8. The Morgan fingerprint density at radius 1 is 1.06 bits per heavy atom. The van der Waals surface area contributed by atoms with E-state index in [4.69, 9.17) is 21.0 Å². The van der Waals surface area contributed by atoms with Crippen LogP contribution in [0.3, 0.4) is 0 Å². The van der Waals surface area contributed by atoms with Gasteiger partial charge in [0.15, 0.2) is 17.2 Å². The zero-order valence-corrected chi connectivity index (χ0v) is 19.1. The van der Waals surface area contributed by atoms with Crippen molar-refractivity contribution < 1.29 is 9.21 Å². The summed E-state index contributed by atoms with van der Waals surface area (Å²) in [6.45, 7) is 2.59. The topological polar surface area (TPSA) is 79.8 Å². The van der Waals surface area contributed by atoms with E-state index >= 15 is 0 Å². The fourth-order valence-electron chi connectivity index (χ4n) is 4.25. The van der Waals surface area contributed by atoms with E-state index in [0.717, 1.165) is 46.2 Å². The summed E-state index contributed by atoms with van der Waals surface area (Å²) < 4.78 is 7.34. The molecule has 0 spiro atoms. The lowest BCUT2D eigenvalue weighted by atomic mass is 10.2. The summed E-state index contributed by atoms with van der Waals surface area (Å²) >= 11 is 7.89. The highest BCUT2D eigenvalue weighted by molar-refractivity contribution is 7.13. The van der Waals surface area contributed by atoms with Gasteiger partial charge in [-0.15, -0.1) is 21.5 Å². The molecule has 1 amide bonds. The number of hydrogen-bond donors (Lipinski definition) is 0. The molecule has 1 aliphatic heterocycles. The fraction of sp³-hybridized carbons (Fsp3) is 0.217. The van der Waals surface area contributed by atoms with Crippen molar-refractivity contribution in [2.24, 2.45) is 0 Å². The van der Waals surface area contributed by atoms with Crippen molar-refractivity contribution in [3.63, 3.8) is 0 Å². The molecule has 166 valence electrons. The van der Waals surface area contributed by atoms with Crippen molar-refractivity contribution in [2.45, 2.75) is 6.42 Å². The summed E-state index contributed by atoms with van der Waals surface area (Å²) in [6, 6.07) is 13.1. The highest BCUT2D eigenvalue weighted by atomic mass is 35.5. The second-order valence-electron chi connectivity index (χ2n) is 7.84. The minimum absolute atomic E-state index is 0.0891. The number of aromatic nitrogens is 4. The fourth-order valence-corrected chi connectivity index (χ4v) is 5.11. The van der Waals surface area contributed by atoms with Crippen LogP contribution < -0.4 is 4.90 Å². The summed E-state index contributed by atoms with van der Waals surface area (Å²) in [6.07, 6.45) is 2.33. The van der Waals surface area contributed by atoms with Crippen molar-refractivity contribution in [3.05, 3.63) is 64.9 Å². The van der Waals surface area contributed by atoms with Crippen LogP contribution in [0.2, 0.25) is 5.02 Å². The molecule has 8 nitrogen and oxygen atoms in total. The third kappa shape index (κ3) is 3.53. The van der Waals surface area contributed by atoms with Crippen LogP contribution in [0.4, 0.5) is 5.95 Å². The Kier molecular flexibility index (Phi) is 5.00. The Morgan fingerprint density at radius 3 is 2.82 bits per heavy atom. The van der Waals surface area contributed by atoms with Crippen LogP contribution in [0.5, 0.6) is 0 Å². The molecule has 0 atom stereocenters. The molecule has 1 fully saturated rings. The van der Waals surface area contributed by atoms with E-state index in [1.807, 2.05) is 45.0 Å². The number of furan rings is 1. The standard InChI is InChI=1S/C23H19ClN6O2S/c24-15-6-7-16-17(14-15)25-23(30-20(16)26-27-21(30)19-5-2-13-33-19)29-9-3-8-28(10-11-29)22(31)18-4-1-12-32-18/h1-2,4-7,12-14H,3,8-11H2. The van der Waals surface area contributed by atoms with E-state index in [0.29, 0.717) is 30.4 Å². The van der Waals surface area contributed by atoms with Gasteiger partial charge in [-0.25, -0.2) is 9.38 Å². The molecule has 33 heavy (non-hydrogen) atoms. The predicted molar refractivity (Wildman–Crippen MR) is 128 cm³/mol. The first-order valence-corrected chi connectivity index (χ1v) is 11.9. The zero-order valence-electron chi connectivity index (χ0n) is 17.5. The largest absolute Gasteiger partial charge is 0.459 e. The van der Waals surface area contributed by atoms with E-state index in [-0.39, 0.29) is 5.91 Å². The quantitative estimate of drug-likeness (QED) is 0.377. The smallest absolute Gasteiger partial charge is 0.289 e. The molecule has 6 rings (SSSR count). The van der Waals surface area contributed by atoms with Gasteiger partial charge in [0.2, 0.25) is 5.95 Å². The maximum atomic E-state index is 12.8. The minimum Gasteiger partial charge on any atom is -0.459 e. The molecule has 0 radical (unpaired) electrons. The summed E-state index contributed by atoms with van der Waals surface area (Å²) in [7, 11) is 0. The lowest BCUT2D eigenvalue weighted by Crippen LogP contribution is -2.35. The third-order valence-corrected chi connectivity index (χ3v) is 6.92. The predicted octanol–water partition coefficient (Wildman–Crippen LogP) is 4.60. The van der Waals surface area contributed by atoms with Crippen LogP contribution in [0.1, 0.15) is 17.0 Å².